The van der Waals surface area contributed by atoms with E-state index in [1.165, 1.54) is 12.8 Å². The highest BCUT2D eigenvalue weighted by molar-refractivity contribution is 14.1. The van der Waals surface area contributed by atoms with E-state index in [-0.39, 0.29) is 11.4 Å². The molecule has 16 heavy (non-hydrogen) atoms. The van der Waals surface area contributed by atoms with Gasteiger partial charge in [0.1, 0.15) is 0 Å². The van der Waals surface area contributed by atoms with Crippen molar-refractivity contribution in [2.24, 2.45) is 0 Å². The molecule has 86 valence electrons. The molecule has 0 saturated heterocycles. The second-order valence-electron chi connectivity index (χ2n) is 4.73. The van der Waals surface area contributed by atoms with Crippen molar-refractivity contribution in [1.29, 1.82) is 0 Å². The van der Waals surface area contributed by atoms with Gasteiger partial charge < -0.3 is 5.32 Å². The van der Waals surface area contributed by atoms with Crippen LogP contribution in [0, 0.1) is 3.57 Å². The lowest BCUT2D eigenvalue weighted by atomic mass is 10.00. The normalized spacial score (nSPS) is 18.4. The van der Waals surface area contributed by atoms with Gasteiger partial charge in [0.05, 0.1) is 0 Å². The molecule has 1 aliphatic carbocycles. The van der Waals surface area contributed by atoms with E-state index in [1.54, 1.807) is 0 Å². The lowest BCUT2D eigenvalue weighted by Crippen LogP contribution is -2.43. The summed E-state index contributed by atoms with van der Waals surface area (Å²) in [7, 11) is 0. The third kappa shape index (κ3) is 2.75. The number of rotatable bonds is 2. The maximum Gasteiger partial charge on any atom is 0.251 e. The van der Waals surface area contributed by atoms with Crippen LogP contribution in [0.3, 0.4) is 0 Å². The van der Waals surface area contributed by atoms with Crippen molar-refractivity contribution in [2.75, 3.05) is 0 Å². The summed E-state index contributed by atoms with van der Waals surface area (Å²) in [5, 5.41) is 3.15. The molecule has 0 heterocycles. The Morgan fingerprint density at radius 3 is 2.38 bits per heavy atom. The average Bonchev–Trinajstić information content (AvgIpc) is 2.65. The molecule has 1 aliphatic rings. The van der Waals surface area contributed by atoms with Gasteiger partial charge in [-0.25, -0.2) is 0 Å². The van der Waals surface area contributed by atoms with Crippen molar-refractivity contribution in [3.05, 3.63) is 33.4 Å². The highest BCUT2D eigenvalue weighted by Crippen LogP contribution is 2.29. The Balaban J connectivity index is 2.05. The molecule has 0 aromatic heterocycles. The van der Waals surface area contributed by atoms with Gasteiger partial charge >= 0.3 is 0 Å². The molecule has 1 aromatic carbocycles. The van der Waals surface area contributed by atoms with Crippen LogP contribution in [0.25, 0.3) is 0 Å². The number of amides is 1. The summed E-state index contributed by atoms with van der Waals surface area (Å²) in [5.74, 6) is 0.0563. The highest BCUT2D eigenvalue weighted by atomic mass is 127. The first-order valence-corrected chi connectivity index (χ1v) is 6.75. The third-order valence-electron chi connectivity index (χ3n) is 3.23. The summed E-state index contributed by atoms with van der Waals surface area (Å²) in [6, 6.07) is 7.70. The van der Waals surface area contributed by atoms with Crippen LogP contribution in [0.2, 0.25) is 0 Å². The molecule has 0 spiro atoms. The van der Waals surface area contributed by atoms with Crippen LogP contribution in [-0.4, -0.2) is 11.4 Å². The molecule has 0 aliphatic heterocycles. The predicted octanol–water partition coefficient (Wildman–Crippen LogP) is 3.35. The summed E-state index contributed by atoms with van der Waals surface area (Å²) in [4.78, 5) is 12.0. The Hall–Kier alpha value is -0.580. The quantitative estimate of drug-likeness (QED) is 0.829. The fraction of sp³-hybridized carbons (Fsp3) is 0.462. The lowest BCUT2D eigenvalue weighted by Gasteiger charge is -2.25. The summed E-state index contributed by atoms with van der Waals surface area (Å²) >= 11 is 2.24. The van der Waals surface area contributed by atoms with Crippen LogP contribution in [0.5, 0.6) is 0 Å². The van der Waals surface area contributed by atoms with Gasteiger partial charge in [-0.15, -0.1) is 0 Å². The van der Waals surface area contributed by atoms with Gasteiger partial charge in [-0.05, 0) is 66.6 Å². The second-order valence-corrected chi connectivity index (χ2v) is 5.97. The van der Waals surface area contributed by atoms with Crippen LogP contribution in [0.4, 0.5) is 0 Å². The minimum absolute atomic E-state index is 0.0140. The molecular formula is C13H16INO. The van der Waals surface area contributed by atoms with Crippen molar-refractivity contribution >= 4 is 28.5 Å². The molecule has 2 rings (SSSR count). The Kier molecular flexibility index (Phi) is 3.52. The standard InChI is InChI=1S/C13H16INO/c1-13(8-2-3-9-13)15-12(16)10-4-6-11(14)7-5-10/h4-7H,2-3,8-9H2,1H3,(H,15,16). The first kappa shape index (κ1) is 11.9. The SMILES string of the molecule is CC1(NC(=O)c2ccc(I)cc2)CCCC1. The van der Waals surface area contributed by atoms with Crippen LogP contribution >= 0.6 is 22.6 Å². The fourth-order valence-corrected chi connectivity index (χ4v) is 2.59. The first-order chi connectivity index (χ1) is 7.59. The van der Waals surface area contributed by atoms with E-state index in [9.17, 15) is 4.79 Å². The topological polar surface area (TPSA) is 29.1 Å². The van der Waals surface area contributed by atoms with Crippen molar-refractivity contribution in [1.82, 2.24) is 5.32 Å². The Labute approximate surface area is 110 Å². The van der Waals surface area contributed by atoms with E-state index in [1.807, 2.05) is 24.3 Å². The minimum atomic E-state index is 0.0140. The van der Waals surface area contributed by atoms with Gasteiger partial charge in [-0.3, -0.25) is 4.79 Å². The maximum absolute atomic E-state index is 12.0. The summed E-state index contributed by atoms with van der Waals surface area (Å²) < 4.78 is 1.15. The zero-order chi connectivity index (χ0) is 11.6. The first-order valence-electron chi connectivity index (χ1n) is 5.67. The van der Waals surface area contributed by atoms with Gasteiger partial charge in [0.25, 0.3) is 5.91 Å². The average molecular weight is 329 g/mol. The third-order valence-corrected chi connectivity index (χ3v) is 3.95. The summed E-state index contributed by atoms with van der Waals surface area (Å²) in [5.41, 5.74) is 0.772. The molecule has 0 unspecified atom stereocenters. The van der Waals surface area contributed by atoms with Crippen LogP contribution in [-0.2, 0) is 0 Å². The van der Waals surface area contributed by atoms with Crippen LogP contribution < -0.4 is 5.32 Å². The zero-order valence-electron chi connectivity index (χ0n) is 9.42. The molecule has 0 atom stereocenters. The maximum atomic E-state index is 12.0. The van der Waals surface area contributed by atoms with E-state index < -0.39 is 0 Å². The van der Waals surface area contributed by atoms with Crippen molar-refractivity contribution in [3.8, 4) is 0 Å². The van der Waals surface area contributed by atoms with Gasteiger partial charge in [-0.1, -0.05) is 12.8 Å². The molecule has 1 N–H and O–H groups in total. The molecular weight excluding hydrogens is 313 g/mol. The molecule has 0 radical (unpaired) electrons. The zero-order valence-corrected chi connectivity index (χ0v) is 11.6. The van der Waals surface area contributed by atoms with Crippen LogP contribution in [0.15, 0.2) is 24.3 Å². The van der Waals surface area contributed by atoms with Gasteiger partial charge in [-0.2, -0.15) is 0 Å². The number of benzene rings is 1. The number of carbonyl (C=O) groups is 1. The minimum Gasteiger partial charge on any atom is -0.347 e. The number of hydrogen-bond acceptors (Lipinski definition) is 1. The number of nitrogens with one attached hydrogen (secondary N) is 1. The van der Waals surface area contributed by atoms with Crippen molar-refractivity contribution in [2.45, 2.75) is 38.1 Å². The van der Waals surface area contributed by atoms with E-state index in [0.717, 1.165) is 22.0 Å². The van der Waals surface area contributed by atoms with Gasteiger partial charge in [0.15, 0.2) is 0 Å². The van der Waals surface area contributed by atoms with Gasteiger partial charge in [0.2, 0.25) is 0 Å². The second kappa shape index (κ2) is 4.73. The fourth-order valence-electron chi connectivity index (χ4n) is 2.23. The lowest BCUT2D eigenvalue weighted by molar-refractivity contribution is 0.0908. The van der Waals surface area contributed by atoms with Crippen molar-refractivity contribution < 1.29 is 4.79 Å². The highest BCUT2D eigenvalue weighted by Gasteiger charge is 2.30. The van der Waals surface area contributed by atoms with E-state index in [0.29, 0.717) is 0 Å². The molecule has 0 bridgehead atoms. The Morgan fingerprint density at radius 1 is 1.25 bits per heavy atom. The van der Waals surface area contributed by atoms with E-state index in [4.69, 9.17) is 0 Å². The number of halogens is 1. The molecule has 1 saturated carbocycles. The monoisotopic (exact) mass is 329 g/mol. The number of carbonyl (C=O) groups excluding carboxylic acids is 1. The van der Waals surface area contributed by atoms with E-state index in [2.05, 4.69) is 34.8 Å². The van der Waals surface area contributed by atoms with E-state index >= 15 is 0 Å². The van der Waals surface area contributed by atoms with Crippen LogP contribution in [0.1, 0.15) is 43.0 Å². The van der Waals surface area contributed by atoms with Gasteiger partial charge in [0, 0.05) is 14.7 Å². The molecule has 1 fully saturated rings. The molecule has 1 amide bonds. The molecule has 1 aromatic rings. The Morgan fingerprint density at radius 2 is 1.81 bits per heavy atom. The molecule has 3 heteroatoms. The number of hydrogen-bond donors (Lipinski definition) is 1. The molecule has 2 nitrogen and oxygen atoms in total. The predicted molar refractivity (Wildman–Crippen MR) is 73.5 cm³/mol. The summed E-state index contributed by atoms with van der Waals surface area (Å²) in [6.07, 6.45) is 4.65. The summed E-state index contributed by atoms with van der Waals surface area (Å²) in [6.45, 7) is 2.14. The smallest absolute Gasteiger partial charge is 0.251 e. The van der Waals surface area contributed by atoms with Crippen molar-refractivity contribution in [3.63, 3.8) is 0 Å². The largest absolute Gasteiger partial charge is 0.347 e. The Bertz CT molecular complexity index is 379.